The SMILES string of the molecule is COc1ccc([C@@H](C)NC2CCOC(C(C)C)C2)cc1. The molecule has 1 fully saturated rings. The van der Waals surface area contributed by atoms with Crippen LogP contribution in [-0.4, -0.2) is 25.9 Å². The maximum absolute atomic E-state index is 5.83. The molecule has 3 atom stereocenters. The predicted octanol–water partition coefficient (Wildman–Crippen LogP) is 3.55. The first-order chi connectivity index (χ1) is 9.60. The van der Waals surface area contributed by atoms with E-state index in [1.54, 1.807) is 7.11 Å². The molecule has 1 heterocycles. The third kappa shape index (κ3) is 3.97. The maximum atomic E-state index is 5.83. The van der Waals surface area contributed by atoms with E-state index in [4.69, 9.17) is 9.47 Å². The van der Waals surface area contributed by atoms with Gasteiger partial charge < -0.3 is 14.8 Å². The standard InChI is InChI=1S/C17H27NO2/c1-12(2)17-11-15(9-10-20-17)18-13(3)14-5-7-16(19-4)8-6-14/h5-8,12-13,15,17-18H,9-11H2,1-4H3/t13-,15?,17?/m1/s1. The topological polar surface area (TPSA) is 30.5 Å². The number of ether oxygens (including phenoxy) is 2. The van der Waals surface area contributed by atoms with E-state index in [1.807, 2.05) is 12.1 Å². The molecule has 1 aliphatic rings. The molecule has 1 aromatic rings. The maximum Gasteiger partial charge on any atom is 0.118 e. The van der Waals surface area contributed by atoms with E-state index in [2.05, 4.69) is 38.2 Å². The van der Waals surface area contributed by atoms with Gasteiger partial charge in [-0.25, -0.2) is 0 Å². The third-order valence-corrected chi connectivity index (χ3v) is 4.16. The molecule has 0 aliphatic carbocycles. The number of methoxy groups -OCH3 is 1. The van der Waals surface area contributed by atoms with Gasteiger partial charge in [-0.3, -0.25) is 0 Å². The second-order valence-corrected chi connectivity index (χ2v) is 6.04. The molecule has 3 heteroatoms. The van der Waals surface area contributed by atoms with E-state index in [1.165, 1.54) is 5.56 Å². The van der Waals surface area contributed by atoms with Crippen molar-refractivity contribution in [3.63, 3.8) is 0 Å². The Morgan fingerprint density at radius 3 is 2.50 bits per heavy atom. The Morgan fingerprint density at radius 2 is 1.90 bits per heavy atom. The zero-order valence-electron chi connectivity index (χ0n) is 13.1. The Kier molecular flexibility index (Phi) is 5.44. The van der Waals surface area contributed by atoms with Crippen LogP contribution in [-0.2, 0) is 4.74 Å². The zero-order chi connectivity index (χ0) is 14.5. The lowest BCUT2D eigenvalue weighted by molar-refractivity contribution is -0.0256. The molecule has 112 valence electrons. The molecule has 3 nitrogen and oxygen atoms in total. The van der Waals surface area contributed by atoms with Gasteiger partial charge in [0.1, 0.15) is 5.75 Å². The highest BCUT2D eigenvalue weighted by molar-refractivity contribution is 5.28. The van der Waals surface area contributed by atoms with Crippen LogP contribution in [0.5, 0.6) is 5.75 Å². The summed E-state index contributed by atoms with van der Waals surface area (Å²) in [6.07, 6.45) is 2.60. The van der Waals surface area contributed by atoms with Gasteiger partial charge in [-0.2, -0.15) is 0 Å². The first-order valence-electron chi connectivity index (χ1n) is 7.61. The largest absolute Gasteiger partial charge is 0.497 e. The molecule has 20 heavy (non-hydrogen) atoms. The summed E-state index contributed by atoms with van der Waals surface area (Å²) in [5.74, 6) is 1.50. The number of nitrogens with one attached hydrogen (secondary N) is 1. The lowest BCUT2D eigenvalue weighted by Gasteiger charge is -2.34. The Morgan fingerprint density at radius 1 is 1.20 bits per heavy atom. The van der Waals surface area contributed by atoms with E-state index in [0.717, 1.165) is 25.2 Å². The van der Waals surface area contributed by atoms with Gasteiger partial charge >= 0.3 is 0 Å². The fraction of sp³-hybridized carbons (Fsp3) is 0.647. The predicted molar refractivity (Wildman–Crippen MR) is 82.1 cm³/mol. The van der Waals surface area contributed by atoms with Crippen LogP contribution in [0.3, 0.4) is 0 Å². The van der Waals surface area contributed by atoms with Crippen LogP contribution in [0.15, 0.2) is 24.3 Å². The first kappa shape index (κ1) is 15.3. The van der Waals surface area contributed by atoms with Crippen molar-refractivity contribution in [1.82, 2.24) is 5.32 Å². The van der Waals surface area contributed by atoms with E-state index < -0.39 is 0 Å². The monoisotopic (exact) mass is 277 g/mol. The van der Waals surface area contributed by atoms with Gasteiger partial charge in [0.2, 0.25) is 0 Å². The van der Waals surface area contributed by atoms with E-state index in [-0.39, 0.29) is 0 Å². The highest BCUT2D eigenvalue weighted by Crippen LogP contribution is 2.23. The summed E-state index contributed by atoms with van der Waals surface area (Å²) >= 11 is 0. The van der Waals surface area contributed by atoms with Crippen molar-refractivity contribution in [2.75, 3.05) is 13.7 Å². The van der Waals surface area contributed by atoms with Crippen LogP contribution in [0.2, 0.25) is 0 Å². The van der Waals surface area contributed by atoms with Crippen molar-refractivity contribution in [1.29, 1.82) is 0 Å². The normalized spacial score (nSPS) is 24.6. The van der Waals surface area contributed by atoms with E-state index >= 15 is 0 Å². The van der Waals surface area contributed by atoms with Crippen molar-refractivity contribution in [3.8, 4) is 5.75 Å². The second kappa shape index (κ2) is 7.09. The smallest absolute Gasteiger partial charge is 0.118 e. The molecule has 2 unspecified atom stereocenters. The molecule has 0 amide bonds. The van der Waals surface area contributed by atoms with Crippen molar-refractivity contribution >= 4 is 0 Å². The molecule has 0 aromatic heterocycles. The Bertz CT molecular complexity index is 402. The summed E-state index contributed by atoms with van der Waals surface area (Å²) in [6.45, 7) is 7.57. The Balaban J connectivity index is 1.91. The van der Waals surface area contributed by atoms with Crippen LogP contribution in [0.4, 0.5) is 0 Å². The summed E-state index contributed by atoms with van der Waals surface area (Å²) in [5.41, 5.74) is 1.30. The third-order valence-electron chi connectivity index (χ3n) is 4.16. The van der Waals surface area contributed by atoms with Gasteiger partial charge in [0, 0.05) is 18.7 Å². The fourth-order valence-electron chi connectivity index (χ4n) is 2.79. The van der Waals surface area contributed by atoms with Crippen molar-refractivity contribution in [3.05, 3.63) is 29.8 Å². The molecule has 0 radical (unpaired) electrons. The lowest BCUT2D eigenvalue weighted by atomic mass is 9.94. The van der Waals surface area contributed by atoms with Gasteiger partial charge in [-0.15, -0.1) is 0 Å². The van der Waals surface area contributed by atoms with E-state index in [9.17, 15) is 0 Å². The molecule has 1 aromatic carbocycles. The van der Waals surface area contributed by atoms with Gasteiger partial charge in [0.25, 0.3) is 0 Å². The molecule has 0 bridgehead atoms. The molecular formula is C17H27NO2. The van der Waals surface area contributed by atoms with Crippen molar-refractivity contribution in [2.24, 2.45) is 5.92 Å². The quantitative estimate of drug-likeness (QED) is 0.893. The number of hydrogen-bond donors (Lipinski definition) is 1. The molecule has 0 spiro atoms. The van der Waals surface area contributed by atoms with Crippen molar-refractivity contribution in [2.45, 2.75) is 51.8 Å². The fourth-order valence-corrected chi connectivity index (χ4v) is 2.79. The van der Waals surface area contributed by atoms with Gasteiger partial charge in [-0.05, 0) is 43.4 Å². The summed E-state index contributed by atoms with van der Waals surface area (Å²) in [4.78, 5) is 0. The number of benzene rings is 1. The van der Waals surface area contributed by atoms with Crippen LogP contribution in [0.25, 0.3) is 0 Å². The Labute approximate surface area is 122 Å². The molecule has 0 saturated carbocycles. The van der Waals surface area contributed by atoms with Crippen LogP contribution < -0.4 is 10.1 Å². The average Bonchev–Trinajstić information content (AvgIpc) is 2.47. The van der Waals surface area contributed by atoms with Crippen LogP contribution in [0, 0.1) is 5.92 Å². The molecule has 1 saturated heterocycles. The molecule has 2 rings (SSSR count). The minimum atomic E-state index is 0.358. The van der Waals surface area contributed by atoms with Gasteiger partial charge in [0.15, 0.2) is 0 Å². The summed E-state index contributed by atoms with van der Waals surface area (Å²) < 4.78 is 11.0. The number of rotatable bonds is 5. The van der Waals surface area contributed by atoms with Gasteiger partial charge in [-0.1, -0.05) is 26.0 Å². The van der Waals surface area contributed by atoms with Crippen molar-refractivity contribution < 1.29 is 9.47 Å². The number of hydrogen-bond acceptors (Lipinski definition) is 3. The highest BCUT2D eigenvalue weighted by Gasteiger charge is 2.25. The minimum absolute atomic E-state index is 0.358. The first-order valence-corrected chi connectivity index (χ1v) is 7.61. The van der Waals surface area contributed by atoms with E-state index in [0.29, 0.717) is 24.1 Å². The lowest BCUT2D eigenvalue weighted by Crippen LogP contribution is -2.41. The molecule has 1 aliphatic heterocycles. The summed E-state index contributed by atoms with van der Waals surface area (Å²) in [6, 6.07) is 9.22. The van der Waals surface area contributed by atoms with Crippen LogP contribution >= 0.6 is 0 Å². The minimum Gasteiger partial charge on any atom is -0.497 e. The zero-order valence-corrected chi connectivity index (χ0v) is 13.1. The average molecular weight is 277 g/mol. The Hall–Kier alpha value is -1.06. The summed E-state index contributed by atoms with van der Waals surface area (Å²) in [5, 5.41) is 3.74. The van der Waals surface area contributed by atoms with Gasteiger partial charge in [0.05, 0.1) is 13.2 Å². The van der Waals surface area contributed by atoms with Crippen LogP contribution in [0.1, 0.15) is 45.2 Å². The summed E-state index contributed by atoms with van der Waals surface area (Å²) in [7, 11) is 1.70. The molecular weight excluding hydrogens is 250 g/mol. The molecule has 1 N–H and O–H groups in total. The second-order valence-electron chi connectivity index (χ2n) is 6.04. The highest BCUT2D eigenvalue weighted by atomic mass is 16.5.